The summed E-state index contributed by atoms with van der Waals surface area (Å²) in [5.41, 5.74) is 0.416. The summed E-state index contributed by atoms with van der Waals surface area (Å²) in [4.78, 5) is 21.0. The fourth-order valence-corrected chi connectivity index (χ4v) is 1.05. The molecule has 0 aliphatic heterocycles. The number of benzene rings is 1. The molecule has 0 aromatic heterocycles. The number of aromatic hydroxyl groups is 1. The second-order valence-electron chi connectivity index (χ2n) is 2.69. The van der Waals surface area contributed by atoms with E-state index in [2.05, 4.69) is 0 Å². The van der Waals surface area contributed by atoms with Gasteiger partial charge in [-0.15, -0.1) is 0 Å². The van der Waals surface area contributed by atoms with Crippen LogP contribution in [0.15, 0.2) is 18.2 Å². The standard InChI is InChI=1S/C9H7ClO4/c10-6-2-1-5(3-7(6)11)4-8(12)9(13)14/h1-3,11H,4H2,(H,13,14). The minimum atomic E-state index is -1.49. The van der Waals surface area contributed by atoms with Crippen LogP contribution < -0.4 is 0 Å². The van der Waals surface area contributed by atoms with Gasteiger partial charge in [-0.3, -0.25) is 4.79 Å². The van der Waals surface area contributed by atoms with Gasteiger partial charge in [0.05, 0.1) is 5.02 Å². The number of phenols is 1. The molecule has 0 aliphatic rings. The maximum Gasteiger partial charge on any atom is 0.372 e. The van der Waals surface area contributed by atoms with E-state index in [-0.39, 0.29) is 17.2 Å². The molecule has 0 bridgehead atoms. The number of phenolic OH excluding ortho intramolecular Hbond substituents is 1. The highest BCUT2D eigenvalue weighted by Crippen LogP contribution is 2.23. The Bertz CT molecular complexity index is 386. The largest absolute Gasteiger partial charge is 0.506 e. The number of carboxylic acid groups (broad SMARTS) is 1. The molecule has 2 N–H and O–H groups in total. The maximum absolute atomic E-state index is 10.8. The van der Waals surface area contributed by atoms with Gasteiger partial charge in [-0.05, 0) is 17.7 Å². The molecule has 1 aromatic carbocycles. The maximum atomic E-state index is 10.8. The molecule has 0 fully saturated rings. The van der Waals surface area contributed by atoms with Gasteiger partial charge in [0.15, 0.2) is 0 Å². The fraction of sp³-hybridized carbons (Fsp3) is 0.111. The van der Waals surface area contributed by atoms with Crippen molar-refractivity contribution < 1.29 is 19.8 Å². The van der Waals surface area contributed by atoms with E-state index in [4.69, 9.17) is 21.8 Å². The summed E-state index contributed by atoms with van der Waals surface area (Å²) in [6.07, 6.45) is -0.250. The molecule has 5 heteroatoms. The third kappa shape index (κ3) is 2.47. The number of rotatable bonds is 3. The van der Waals surface area contributed by atoms with Crippen molar-refractivity contribution in [2.75, 3.05) is 0 Å². The molecule has 0 heterocycles. The lowest BCUT2D eigenvalue weighted by atomic mass is 10.1. The van der Waals surface area contributed by atoms with E-state index in [1.807, 2.05) is 0 Å². The number of carboxylic acids is 1. The lowest BCUT2D eigenvalue weighted by Crippen LogP contribution is -2.14. The zero-order valence-corrected chi connectivity index (χ0v) is 7.78. The lowest BCUT2D eigenvalue weighted by Gasteiger charge is -2.00. The van der Waals surface area contributed by atoms with Crippen LogP contribution in [0, 0.1) is 0 Å². The second-order valence-corrected chi connectivity index (χ2v) is 3.10. The third-order valence-corrected chi connectivity index (χ3v) is 1.93. The minimum Gasteiger partial charge on any atom is -0.506 e. The predicted molar refractivity (Wildman–Crippen MR) is 49.5 cm³/mol. The number of Topliss-reactive ketones (excluding diaryl/α,β-unsaturated/α-hetero) is 1. The van der Waals surface area contributed by atoms with E-state index in [0.29, 0.717) is 5.56 Å². The van der Waals surface area contributed by atoms with Crippen LogP contribution in [-0.2, 0) is 16.0 Å². The molecule has 0 aliphatic carbocycles. The van der Waals surface area contributed by atoms with Crippen molar-refractivity contribution in [3.8, 4) is 5.75 Å². The van der Waals surface area contributed by atoms with Crippen molar-refractivity contribution in [1.82, 2.24) is 0 Å². The van der Waals surface area contributed by atoms with Crippen molar-refractivity contribution in [3.05, 3.63) is 28.8 Å². The molecular formula is C9H7ClO4. The zero-order chi connectivity index (χ0) is 10.7. The van der Waals surface area contributed by atoms with Crippen molar-refractivity contribution in [2.24, 2.45) is 0 Å². The number of hydrogen-bond donors (Lipinski definition) is 2. The van der Waals surface area contributed by atoms with Crippen molar-refractivity contribution in [2.45, 2.75) is 6.42 Å². The molecule has 0 saturated carbocycles. The van der Waals surface area contributed by atoms with E-state index >= 15 is 0 Å². The number of ketones is 1. The number of carbonyl (C=O) groups is 2. The molecule has 0 saturated heterocycles. The summed E-state index contributed by atoms with van der Waals surface area (Å²) in [5, 5.41) is 17.7. The summed E-state index contributed by atoms with van der Waals surface area (Å²) in [5.74, 6) is -2.58. The van der Waals surface area contributed by atoms with Crippen LogP contribution in [0.2, 0.25) is 5.02 Å². The van der Waals surface area contributed by atoms with Crippen LogP contribution in [-0.4, -0.2) is 22.0 Å². The summed E-state index contributed by atoms with van der Waals surface area (Å²) in [6.45, 7) is 0. The van der Waals surface area contributed by atoms with Crippen LogP contribution in [0.5, 0.6) is 5.75 Å². The smallest absolute Gasteiger partial charge is 0.372 e. The minimum absolute atomic E-state index is 0.163. The van der Waals surface area contributed by atoms with E-state index in [0.717, 1.165) is 0 Å². The number of aliphatic carboxylic acids is 1. The van der Waals surface area contributed by atoms with E-state index in [1.54, 1.807) is 0 Å². The molecular weight excluding hydrogens is 208 g/mol. The molecule has 0 unspecified atom stereocenters. The van der Waals surface area contributed by atoms with Gasteiger partial charge < -0.3 is 10.2 Å². The van der Waals surface area contributed by atoms with Crippen molar-refractivity contribution >= 4 is 23.4 Å². The number of carbonyl (C=O) groups excluding carboxylic acids is 1. The Hall–Kier alpha value is -1.55. The van der Waals surface area contributed by atoms with Crippen LogP contribution in [0.4, 0.5) is 0 Å². The first-order valence-corrected chi connectivity index (χ1v) is 4.12. The summed E-state index contributed by atoms with van der Waals surface area (Å²) in [7, 11) is 0. The fourth-order valence-electron chi connectivity index (χ4n) is 0.929. The first kappa shape index (κ1) is 10.5. The second kappa shape index (κ2) is 4.11. The van der Waals surface area contributed by atoms with Crippen molar-refractivity contribution in [1.29, 1.82) is 0 Å². The Kier molecular flexibility index (Phi) is 3.09. The Balaban J connectivity index is 2.83. The van der Waals surface area contributed by atoms with Crippen molar-refractivity contribution in [3.63, 3.8) is 0 Å². The van der Waals surface area contributed by atoms with Gasteiger partial charge in [-0.25, -0.2) is 4.79 Å². The number of halogens is 1. The van der Waals surface area contributed by atoms with Gasteiger partial charge in [0.1, 0.15) is 5.75 Å². The van der Waals surface area contributed by atoms with Gasteiger partial charge in [-0.2, -0.15) is 0 Å². The average Bonchev–Trinajstić information content (AvgIpc) is 2.11. The SMILES string of the molecule is O=C(O)C(=O)Cc1ccc(Cl)c(O)c1. The first-order valence-electron chi connectivity index (χ1n) is 3.74. The summed E-state index contributed by atoms with van der Waals surface area (Å²) < 4.78 is 0. The lowest BCUT2D eigenvalue weighted by molar-refractivity contribution is -0.148. The van der Waals surface area contributed by atoms with Gasteiger partial charge in [0.25, 0.3) is 0 Å². The Labute approximate surface area is 84.7 Å². The molecule has 4 nitrogen and oxygen atoms in total. The normalized spacial score (nSPS) is 9.79. The summed E-state index contributed by atoms with van der Waals surface area (Å²) >= 11 is 5.53. The van der Waals surface area contributed by atoms with Crippen LogP contribution in [0.1, 0.15) is 5.56 Å². The van der Waals surface area contributed by atoms with Gasteiger partial charge in [0, 0.05) is 6.42 Å². The highest BCUT2D eigenvalue weighted by molar-refractivity contribution is 6.33. The van der Waals surface area contributed by atoms with E-state index in [1.165, 1.54) is 18.2 Å². The Morgan fingerprint density at radius 2 is 2.00 bits per heavy atom. The molecule has 14 heavy (non-hydrogen) atoms. The average molecular weight is 215 g/mol. The Morgan fingerprint density at radius 3 is 2.50 bits per heavy atom. The molecule has 0 atom stereocenters. The molecule has 1 aromatic rings. The predicted octanol–water partition coefficient (Wildman–Crippen LogP) is 1.24. The highest BCUT2D eigenvalue weighted by Gasteiger charge is 2.12. The number of hydrogen-bond acceptors (Lipinski definition) is 3. The van der Waals surface area contributed by atoms with E-state index < -0.39 is 11.8 Å². The third-order valence-electron chi connectivity index (χ3n) is 1.61. The molecule has 0 spiro atoms. The van der Waals surface area contributed by atoms with Gasteiger partial charge in [0.2, 0.25) is 5.78 Å². The first-order chi connectivity index (χ1) is 6.50. The molecule has 0 amide bonds. The Morgan fingerprint density at radius 1 is 1.36 bits per heavy atom. The van der Waals surface area contributed by atoms with Crippen LogP contribution in [0.25, 0.3) is 0 Å². The monoisotopic (exact) mass is 214 g/mol. The zero-order valence-electron chi connectivity index (χ0n) is 7.03. The van der Waals surface area contributed by atoms with E-state index in [9.17, 15) is 9.59 Å². The van der Waals surface area contributed by atoms with Crippen LogP contribution >= 0.6 is 11.6 Å². The highest BCUT2D eigenvalue weighted by atomic mass is 35.5. The molecule has 74 valence electrons. The molecule has 0 radical (unpaired) electrons. The van der Waals surface area contributed by atoms with Crippen LogP contribution in [0.3, 0.4) is 0 Å². The topological polar surface area (TPSA) is 74.6 Å². The van der Waals surface area contributed by atoms with Gasteiger partial charge >= 0.3 is 5.97 Å². The quantitative estimate of drug-likeness (QED) is 0.743. The molecule has 1 rings (SSSR count). The summed E-state index contributed by atoms with van der Waals surface area (Å²) in [6, 6.07) is 4.16. The van der Waals surface area contributed by atoms with Gasteiger partial charge in [-0.1, -0.05) is 17.7 Å².